The number of nitrogens with zero attached hydrogens (tertiary/aromatic N) is 1. The first-order valence-electron chi connectivity index (χ1n) is 5.97. The van der Waals surface area contributed by atoms with Gasteiger partial charge in [-0.05, 0) is 12.8 Å². The fraction of sp³-hybridized carbons (Fsp3) is 0.818. The molecule has 90 valence electrons. The van der Waals surface area contributed by atoms with E-state index in [4.69, 9.17) is 5.73 Å². The normalized spacial score (nSPS) is 25.1. The smallest absolute Gasteiger partial charge is 0.243 e. The van der Waals surface area contributed by atoms with Crippen molar-refractivity contribution in [3.05, 3.63) is 0 Å². The van der Waals surface area contributed by atoms with E-state index in [1.54, 1.807) is 4.90 Å². The highest BCUT2D eigenvalue weighted by atomic mass is 16.2. The molecule has 3 N–H and O–H groups in total. The number of amides is 2. The minimum absolute atomic E-state index is 0.0398. The Morgan fingerprint density at radius 1 is 1.31 bits per heavy atom. The van der Waals surface area contributed by atoms with Crippen LogP contribution in [0.3, 0.4) is 0 Å². The first-order valence-corrected chi connectivity index (χ1v) is 5.97. The van der Waals surface area contributed by atoms with Crippen LogP contribution >= 0.6 is 0 Å². The summed E-state index contributed by atoms with van der Waals surface area (Å²) >= 11 is 0. The Bertz CT molecular complexity index is 298. The number of carbonyl (C=O) groups is 2. The summed E-state index contributed by atoms with van der Waals surface area (Å²) in [7, 11) is 0. The van der Waals surface area contributed by atoms with Crippen LogP contribution in [0, 0.1) is 0 Å². The predicted molar refractivity (Wildman–Crippen MR) is 59.6 cm³/mol. The summed E-state index contributed by atoms with van der Waals surface area (Å²) in [5.74, 6) is -0.124. The Labute approximate surface area is 95.3 Å². The van der Waals surface area contributed by atoms with Gasteiger partial charge in [-0.15, -0.1) is 0 Å². The molecule has 1 aliphatic carbocycles. The quantitative estimate of drug-likeness (QED) is 0.638. The molecular formula is C11H19N3O2. The van der Waals surface area contributed by atoms with Gasteiger partial charge in [0.15, 0.2) is 0 Å². The summed E-state index contributed by atoms with van der Waals surface area (Å²) in [5, 5.41) is 2.71. The van der Waals surface area contributed by atoms with Gasteiger partial charge in [-0.2, -0.15) is 0 Å². The van der Waals surface area contributed by atoms with Gasteiger partial charge < -0.3 is 16.0 Å². The van der Waals surface area contributed by atoms with E-state index in [0.29, 0.717) is 13.1 Å². The molecule has 2 aliphatic rings. The SMILES string of the molecule is NC1(C(=O)N2CCNC(=O)C2)CCCCC1. The number of piperazine rings is 1. The molecule has 16 heavy (non-hydrogen) atoms. The van der Waals surface area contributed by atoms with Crippen molar-refractivity contribution in [2.45, 2.75) is 37.6 Å². The summed E-state index contributed by atoms with van der Waals surface area (Å²) in [6, 6.07) is 0. The van der Waals surface area contributed by atoms with Gasteiger partial charge in [0.2, 0.25) is 11.8 Å². The Morgan fingerprint density at radius 2 is 2.00 bits per heavy atom. The lowest BCUT2D eigenvalue weighted by Gasteiger charge is -2.38. The molecule has 0 atom stereocenters. The second-order valence-electron chi connectivity index (χ2n) is 4.79. The highest BCUT2D eigenvalue weighted by Gasteiger charge is 2.39. The molecule has 0 radical (unpaired) electrons. The molecule has 5 nitrogen and oxygen atoms in total. The standard InChI is InChI=1S/C11H19N3O2/c12-11(4-2-1-3-5-11)10(16)14-7-6-13-9(15)8-14/h1-8,12H2,(H,13,15). The zero-order chi connectivity index (χ0) is 11.6. The molecule has 2 fully saturated rings. The number of hydrogen-bond acceptors (Lipinski definition) is 3. The molecule has 1 aliphatic heterocycles. The van der Waals surface area contributed by atoms with E-state index in [9.17, 15) is 9.59 Å². The second-order valence-corrected chi connectivity index (χ2v) is 4.79. The van der Waals surface area contributed by atoms with Gasteiger partial charge in [-0.3, -0.25) is 9.59 Å². The first kappa shape index (κ1) is 11.4. The Kier molecular flexibility index (Phi) is 3.14. The first-order chi connectivity index (χ1) is 7.62. The number of nitrogens with one attached hydrogen (secondary N) is 1. The van der Waals surface area contributed by atoms with Crippen LogP contribution in [-0.2, 0) is 9.59 Å². The zero-order valence-corrected chi connectivity index (χ0v) is 9.50. The van der Waals surface area contributed by atoms with E-state index >= 15 is 0 Å². The van der Waals surface area contributed by atoms with Crippen molar-refractivity contribution >= 4 is 11.8 Å². The third-order valence-electron chi connectivity index (χ3n) is 3.50. The van der Waals surface area contributed by atoms with Crippen molar-refractivity contribution in [1.29, 1.82) is 0 Å². The van der Waals surface area contributed by atoms with E-state index in [1.165, 1.54) is 0 Å². The van der Waals surface area contributed by atoms with Crippen molar-refractivity contribution in [1.82, 2.24) is 10.2 Å². The Morgan fingerprint density at radius 3 is 2.62 bits per heavy atom. The van der Waals surface area contributed by atoms with Crippen LogP contribution < -0.4 is 11.1 Å². The molecule has 2 amide bonds. The van der Waals surface area contributed by atoms with Gasteiger partial charge in [0.05, 0.1) is 12.1 Å². The third kappa shape index (κ3) is 2.19. The van der Waals surface area contributed by atoms with Crippen LogP contribution in [0.15, 0.2) is 0 Å². The molecule has 0 spiro atoms. The Hall–Kier alpha value is -1.10. The summed E-state index contributed by atoms with van der Waals surface area (Å²) in [4.78, 5) is 25.1. The maximum atomic E-state index is 12.2. The zero-order valence-electron chi connectivity index (χ0n) is 9.50. The topological polar surface area (TPSA) is 75.4 Å². The van der Waals surface area contributed by atoms with Gasteiger partial charge >= 0.3 is 0 Å². The van der Waals surface area contributed by atoms with Crippen molar-refractivity contribution < 1.29 is 9.59 Å². The lowest BCUT2D eigenvalue weighted by molar-refractivity contribution is -0.143. The van der Waals surface area contributed by atoms with Crippen molar-refractivity contribution in [2.24, 2.45) is 5.73 Å². The van der Waals surface area contributed by atoms with Gasteiger partial charge in [0.1, 0.15) is 0 Å². The summed E-state index contributed by atoms with van der Waals surface area (Å²) in [6.07, 6.45) is 4.70. The van der Waals surface area contributed by atoms with E-state index in [2.05, 4.69) is 5.32 Å². The van der Waals surface area contributed by atoms with Crippen LogP contribution in [-0.4, -0.2) is 41.9 Å². The summed E-state index contributed by atoms with van der Waals surface area (Å²) < 4.78 is 0. The van der Waals surface area contributed by atoms with E-state index in [-0.39, 0.29) is 18.4 Å². The monoisotopic (exact) mass is 225 g/mol. The highest BCUT2D eigenvalue weighted by molar-refractivity contribution is 5.91. The van der Waals surface area contributed by atoms with Crippen molar-refractivity contribution in [3.63, 3.8) is 0 Å². The lowest BCUT2D eigenvalue weighted by Crippen LogP contribution is -2.60. The largest absolute Gasteiger partial charge is 0.353 e. The number of hydrogen-bond donors (Lipinski definition) is 2. The van der Waals surface area contributed by atoms with E-state index in [1.807, 2.05) is 0 Å². The van der Waals surface area contributed by atoms with Gasteiger partial charge in [0.25, 0.3) is 0 Å². The van der Waals surface area contributed by atoms with Crippen molar-refractivity contribution in [2.75, 3.05) is 19.6 Å². The molecule has 5 heteroatoms. The fourth-order valence-electron chi connectivity index (χ4n) is 2.52. The number of nitrogens with two attached hydrogens (primary N) is 1. The van der Waals surface area contributed by atoms with Crippen LogP contribution in [0.25, 0.3) is 0 Å². The summed E-state index contributed by atoms with van der Waals surface area (Å²) in [5.41, 5.74) is 5.44. The fourth-order valence-corrected chi connectivity index (χ4v) is 2.52. The van der Waals surface area contributed by atoms with Gasteiger partial charge in [-0.25, -0.2) is 0 Å². The lowest BCUT2D eigenvalue weighted by atomic mass is 9.81. The maximum absolute atomic E-state index is 12.2. The van der Waals surface area contributed by atoms with Gasteiger partial charge in [-0.1, -0.05) is 19.3 Å². The molecule has 2 rings (SSSR count). The summed E-state index contributed by atoms with van der Waals surface area (Å²) in [6.45, 7) is 1.29. The number of carbonyl (C=O) groups excluding carboxylic acids is 2. The molecule has 0 aromatic carbocycles. The molecule has 0 aromatic rings. The van der Waals surface area contributed by atoms with E-state index in [0.717, 1.165) is 32.1 Å². The molecule has 1 heterocycles. The Balaban J connectivity index is 2.02. The number of rotatable bonds is 1. The third-order valence-corrected chi connectivity index (χ3v) is 3.50. The second kappa shape index (κ2) is 4.41. The minimum Gasteiger partial charge on any atom is -0.353 e. The average molecular weight is 225 g/mol. The molecule has 1 saturated carbocycles. The highest BCUT2D eigenvalue weighted by Crippen LogP contribution is 2.27. The van der Waals surface area contributed by atoms with E-state index < -0.39 is 5.54 Å². The van der Waals surface area contributed by atoms with Crippen LogP contribution in [0.2, 0.25) is 0 Å². The maximum Gasteiger partial charge on any atom is 0.243 e. The molecule has 1 saturated heterocycles. The van der Waals surface area contributed by atoms with Crippen molar-refractivity contribution in [3.8, 4) is 0 Å². The molecular weight excluding hydrogens is 206 g/mol. The average Bonchev–Trinajstić information content (AvgIpc) is 2.29. The van der Waals surface area contributed by atoms with Crippen LogP contribution in [0.4, 0.5) is 0 Å². The van der Waals surface area contributed by atoms with Crippen LogP contribution in [0.1, 0.15) is 32.1 Å². The molecule has 0 aromatic heterocycles. The minimum atomic E-state index is -0.712. The molecule has 0 unspecified atom stereocenters. The molecule has 0 bridgehead atoms. The predicted octanol–water partition coefficient (Wildman–Crippen LogP) is -0.394. The van der Waals surface area contributed by atoms with Gasteiger partial charge in [0, 0.05) is 13.1 Å². The van der Waals surface area contributed by atoms with Crippen LogP contribution in [0.5, 0.6) is 0 Å².